The summed E-state index contributed by atoms with van der Waals surface area (Å²) in [4.78, 5) is 40.2. The zero-order valence-electron chi connectivity index (χ0n) is 14.3. The second-order valence-corrected chi connectivity index (χ2v) is 5.64. The maximum atomic E-state index is 12.3. The van der Waals surface area contributed by atoms with Gasteiger partial charge in [-0.1, -0.05) is 30.3 Å². The summed E-state index contributed by atoms with van der Waals surface area (Å²) in [5.74, 6) is -1.27. The van der Waals surface area contributed by atoms with Crippen LogP contribution in [0.4, 0.5) is 5.69 Å². The molecule has 0 spiro atoms. The summed E-state index contributed by atoms with van der Waals surface area (Å²) >= 11 is 0. The van der Waals surface area contributed by atoms with Crippen LogP contribution in [0.25, 0.3) is 0 Å². The van der Waals surface area contributed by atoms with Gasteiger partial charge in [0.15, 0.2) is 12.4 Å². The molecule has 0 atom stereocenters. The molecule has 0 aliphatic carbocycles. The molecule has 0 saturated heterocycles. The minimum Gasteiger partial charge on any atom is -0.454 e. The van der Waals surface area contributed by atoms with E-state index >= 15 is 0 Å². The fraction of sp³-hybridized carbons (Fsp3) is 0.0476. The van der Waals surface area contributed by atoms with Gasteiger partial charge in [-0.25, -0.2) is 4.79 Å². The minimum absolute atomic E-state index is 0.272. The van der Waals surface area contributed by atoms with Crippen molar-refractivity contribution >= 4 is 23.3 Å². The van der Waals surface area contributed by atoms with Gasteiger partial charge in [0.05, 0.1) is 5.56 Å². The molecule has 6 nitrogen and oxygen atoms in total. The second kappa shape index (κ2) is 8.53. The van der Waals surface area contributed by atoms with Crippen LogP contribution in [-0.2, 0) is 4.74 Å². The lowest BCUT2D eigenvalue weighted by molar-refractivity contribution is 0.0474. The average Bonchev–Trinajstić information content (AvgIpc) is 2.73. The predicted molar refractivity (Wildman–Crippen MR) is 99.7 cm³/mol. The van der Waals surface area contributed by atoms with Gasteiger partial charge in [-0.2, -0.15) is 0 Å². The number of nitrogens with one attached hydrogen (secondary N) is 1. The molecule has 0 aliphatic heterocycles. The zero-order chi connectivity index (χ0) is 19.1. The van der Waals surface area contributed by atoms with E-state index in [-0.39, 0.29) is 17.3 Å². The number of anilines is 1. The molecule has 2 aromatic carbocycles. The van der Waals surface area contributed by atoms with Crippen LogP contribution in [0.5, 0.6) is 0 Å². The number of aromatic nitrogens is 1. The van der Waals surface area contributed by atoms with E-state index in [1.807, 2.05) is 6.07 Å². The first-order valence-electron chi connectivity index (χ1n) is 8.20. The number of esters is 1. The van der Waals surface area contributed by atoms with Crippen LogP contribution in [0, 0.1) is 0 Å². The van der Waals surface area contributed by atoms with E-state index in [1.165, 1.54) is 12.4 Å². The molecular formula is C21H16N2O4. The smallest absolute Gasteiger partial charge is 0.340 e. The fourth-order valence-electron chi connectivity index (χ4n) is 2.34. The lowest BCUT2D eigenvalue weighted by atomic mass is 10.1. The first-order chi connectivity index (χ1) is 13.1. The van der Waals surface area contributed by atoms with E-state index in [2.05, 4.69) is 10.3 Å². The summed E-state index contributed by atoms with van der Waals surface area (Å²) in [7, 11) is 0. The lowest BCUT2D eigenvalue weighted by Crippen LogP contribution is -2.15. The Balaban J connectivity index is 1.62. The van der Waals surface area contributed by atoms with Gasteiger partial charge in [-0.3, -0.25) is 14.6 Å². The van der Waals surface area contributed by atoms with E-state index in [1.54, 1.807) is 60.7 Å². The van der Waals surface area contributed by atoms with Crippen LogP contribution in [0.15, 0.2) is 79.1 Å². The highest BCUT2D eigenvalue weighted by Crippen LogP contribution is 2.13. The maximum Gasteiger partial charge on any atom is 0.340 e. The Hall–Kier alpha value is -3.80. The molecule has 134 valence electrons. The molecule has 1 heterocycles. The monoisotopic (exact) mass is 360 g/mol. The van der Waals surface area contributed by atoms with E-state index < -0.39 is 12.6 Å². The number of amides is 1. The number of carbonyl (C=O) groups is 3. The van der Waals surface area contributed by atoms with Gasteiger partial charge >= 0.3 is 5.97 Å². The number of benzene rings is 2. The standard InChI is InChI=1S/C21H16N2O4/c24-19(14-27-21(26)17-9-5-11-22-13-17)16-8-4-10-18(12-16)23-20(25)15-6-2-1-3-7-15/h1-13H,14H2,(H,23,25). The van der Waals surface area contributed by atoms with Crippen LogP contribution in [0.2, 0.25) is 0 Å². The molecule has 1 N–H and O–H groups in total. The van der Waals surface area contributed by atoms with Gasteiger partial charge in [-0.15, -0.1) is 0 Å². The fourth-order valence-corrected chi connectivity index (χ4v) is 2.34. The van der Waals surface area contributed by atoms with Gasteiger partial charge in [0.1, 0.15) is 0 Å². The van der Waals surface area contributed by atoms with E-state index in [0.717, 1.165) is 0 Å². The highest BCUT2D eigenvalue weighted by atomic mass is 16.5. The van der Waals surface area contributed by atoms with Crippen molar-refractivity contribution in [2.45, 2.75) is 0 Å². The second-order valence-electron chi connectivity index (χ2n) is 5.64. The average molecular weight is 360 g/mol. The number of carbonyl (C=O) groups excluding carboxylic acids is 3. The summed E-state index contributed by atoms with van der Waals surface area (Å²) in [6, 6.07) is 18.4. The lowest BCUT2D eigenvalue weighted by Gasteiger charge is -2.08. The van der Waals surface area contributed by atoms with E-state index in [0.29, 0.717) is 16.8 Å². The minimum atomic E-state index is -0.620. The largest absolute Gasteiger partial charge is 0.454 e. The molecule has 0 fully saturated rings. The number of Topliss-reactive ketones (excluding diaryl/α,β-unsaturated/α-hetero) is 1. The third kappa shape index (κ3) is 4.85. The van der Waals surface area contributed by atoms with Crippen molar-refractivity contribution in [3.63, 3.8) is 0 Å². The van der Waals surface area contributed by atoms with Gasteiger partial charge in [-0.05, 0) is 36.4 Å². The Labute approximate surface area is 155 Å². The summed E-state index contributed by atoms with van der Waals surface area (Å²) in [5.41, 5.74) is 1.60. The summed E-state index contributed by atoms with van der Waals surface area (Å²) in [6.45, 7) is -0.399. The van der Waals surface area contributed by atoms with Crippen molar-refractivity contribution in [1.29, 1.82) is 0 Å². The third-order valence-electron chi connectivity index (χ3n) is 3.71. The Morgan fingerprint density at radius 2 is 1.59 bits per heavy atom. The van der Waals surface area contributed by atoms with Gasteiger partial charge < -0.3 is 10.1 Å². The number of pyridine rings is 1. The molecule has 0 saturated carbocycles. The number of rotatable bonds is 6. The van der Waals surface area contributed by atoms with Crippen molar-refractivity contribution in [3.8, 4) is 0 Å². The molecule has 3 aromatic rings. The first kappa shape index (κ1) is 18.0. The Bertz CT molecular complexity index is 956. The number of hydrogen-bond acceptors (Lipinski definition) is 5. The van der Waals surface area contributed by atoms with Crippen LogP contribution >= 0.6 is 0 Å². The molecule has 1 aromatic heterocycles. The van der Waals surface area contributed by atoms with Crippen molar-refractivity contribution in [1.82, 2.24) is 4.98 Å². The first-order valence-corrected chi connectivity index (χ1v) is 8.20. The molecule has 0 unspecified atom stereocenters. The number of ketones is 1. The molecule has 0 bridgehead atoms. The van der Waals surface area contributed by atoms with E-state index in [4.69, 9.17) is 4.74 Å². The highest BCUT2D eigenvalue weighted by Gasteiger charge is 2.13. The molecular weight excluding hydrogens is 344 g/mol. The maximum absolute atomic E-state index is 12.3. The van der Waals surface area contributed by atoms with Crippen LogP contribution in [0.1, 0.15) is 31.1 Å². The van der Waals surface area contributed by atoms with Crippen molar-refractivity contribution in [2.75, 3.05) is 11.9 Å². The van der Waals surface area contributed by atoms with Gasteiger partial charge in [0.2, 0.25) is 0 Å². The van der Waals surface area contributed by atoms with Crippen LogP contribution < -0.4 is 5.32 Å². The predicted octanol–water partition coefficient (Wildman–Crippen LogP) is 3.37. The third-order valence-corrected chi connectivity index (χ3v) is 3.71. The number of ether oxygens (including phenoxy) is 1. The normalized spacial score (nSPS) is 10.1. The Morgan fingerprint density at radius 1 is 0.852 bits per heavy atom. The Morgan fingerprint density at radius 3 is 2.33 bits per heavy atom. The molecule has 6 heteroatoms. The SMILES string of the molecule is O=C(COC(=O)c1cccnc1)c1cccc(NC(=O)c2ccccc2)c1. The molecule has 3 rings (SSSR count). The van der Waals surface area contributed by atoms with Crippen molar-refractivity contribution in [3.05, 3.63) is 95.8 Å². The summed E-state index contributed by atoms with van der Waals surface area (Å²) < 4.78 is 5.02. The zero-order valence-corrected chi connectivity index (χ0v) is 14.3. The summed E-state index contributed by atoms with van der Waals surface area (Å²) in [6.07, 6.45) is 2.91. The molecule has 0 radical (unpaired) electrons. The van der Waals surface area contributed by atoms with Crippen molar-refractivity contribution in [2.24, 2.45) is 0 Å². The number of hydrogen-bond donors (Lipinski definition) is 1. The molecule has 0 aliphatic rings. The van der Waals surface area contributed by atoms with E-state index in [9.17, 15) is 14.4 Å². The van der Waals surface area contributed by atoms with Gasteiger partial charge in [0.25, 0.3) is 5.91 Å². The van der Waals surface area contributed by atoms with Gasteiger partial charge in [0, 0.05) is 29.2 Å². The highest BCUT2D eigenvalue weighted by molar-refractivity contribution is 6.05. The quantitative estimate of drug-likeness (QED) is 0.538. The Kier molecular flexibility index (Phi) is 5.69. The van der Waals surface area contributed by atoms with Crippen LogP contribution in [-0.4, -0.2) is 29.3 Å². The van der Waals surface area contributed by atoms with Crippen LogP contribution in [0.3, 0.4) is 0 Å². The molecule has 1 amide bonds. The topological polar surface area (TPSA) is 85.4 Å². The van der Waals surface area contributed by atoms with Crippen molar-refractivity contribution < 1.29 is 19.1 Å². The summed E-state index contributed by atoms with van der Waals surface area (Å²) in [5, 5.41) is 2.74. The molecule has 27 heavy (non-hydrogen) atoms. The number of nitrogens with zero attached hydrogens (tertiary/aromatic N) is 1.